The number of carbonyl (C=O) groups excluding carboxylic acids is 2. The summed E-state index contributed by atoms with van der Waals surface area (Å²) in [6, 6.07) is 1.50. The number of fused-ring (bicyclic) bond motifs is 1. The lowest BCUT2D eigenvalue weighted by atomic mass is 10.2. The molecule has 1 atom stereocenters. The summed E-state index contributed by atoms with van der Waals surface area (Å²) in [7, 11) is 2.75. The van der Waals surface area contributed by atoms with Gasteiger partial charge in [-0.1, -0.05) is 0 Å². The van der Waals surface area contributed by atoms with Gasteiger partial charge < -0.3 is 15.3 Å². The quantitative estimate of drug-likeness (QED) is 0.622. The van der Waals surface area contributed by atoms with E-state index >= 15 is 0 Å². The van der Waals surface area contributed by atoms with Gasteiger partial charge in [0.15, 0.2) is 0 Å². The van der Waals surface area contributed by atoms with Crippen LogP contribution >= 0.6 is 0 Å². The Morgan fingerprint density at radius 1 is 1.21 bits per heavy atom. The Balaban J connectivity index is 2.50. The van der Waals surface area contributed by atoms with Crippen LogP contribution in [0.4, 0.5) is 0 Å². The highest BCUT2D eigenvalue weighted by Gasteiger charge is 2.27. The molecule has 0 saturated carbocycles. The first-order chi connectivity index (χ1) is 13.1. The lowest BCUT2D eigenvalue weighted by Crippen LogP contribution is -2.47. The van der Waals surface area contributed by atoms with Gasteiger partial charge in [-0.2, -0.15) is 0 Å². The van der Waals surface area contributed by atoms with Crippen LogP contribution in [-0.2, 0) is 23.7 Å². The first-order valence-corrected chi connectivity index (χ1v) is 8.41. The topological polar surface area (TPSA) is 144 Å². The minimum absolute atomic E-state index is 0.0174. The second-order valence-electron chi connectivity index (χ2n) is 6.27. The molecule has 150 valence electrons. The maximum atomic E-state index is 12.9. The van der Waals surface area contributed by atoms with E-state index in [-0.39, 0.29) is 35.7 Å². The van der Waals surface area contributed by atoms with E-state index in [0.717, 1.165) is 14.0 Å². The number of rotatable bonds is 6. The molecule has 11 heteroatoms. The lowest BCUT2D eigenvalue weighted by molar-refractivity contribution is -0.141. The van der Waals surface area contributed by atoms with Crippen molar-refractivity contribution in [1.29, 1.82) is 0 Å². The maximum Gasteiger partial charge on any atom is 0.332 e. The third-order valence-electron chi connectivity index (χ3n) is 4.33. The van der Waals surface area contributed by atoms with Crippen molar-refractivity contribution in [1.82, 2.24) is 24.3 Å². The number of aromatic nitrogens is 3. The molecule has 0 bridgehead atoms. The van der Waals surface area contributed by atoms with Gasteiger partial charge in [0.2, 0.25) is 5.91 Å². The van der Waals surface area contributed by atoms with E-state index < -0.39 is 29.2 Å². The van der Waals surface area contributed by atoms with Crippen molar-refractivity contribution >= 4 is 28.8 Å². The number of hydrogen-bond donors (Lipinski definition) is 2. The molecule has 2 N–H and O–H groups in total. The number of amides is 2. The van der Waals surface area contributed by atoms with Crippen LogP contribution in [0.1, 0.15) is 24.3 Å². The average Bonchev–Trinajstić information content (AvgIpc) is 2.66. The van der Waals surface area contributed by atoms with Crippen LogP contribution in [0.2, 0.25) is 0 Å². The van der Waals surface area contributed by atoms with Gasteiger partial charge in [-0.15, -0.1) is 0 Å². The Morgan fingerprint density at radius 3 is 2.43 bits per heavy atom. The second-order valence-corrected chi connectivity index (χ2v) is 6.27. The molecule has 1 unspecified atom stereocenters. The first kappa shape index (κ1) is 20.8. The summed E-state index contributed by atoms with van der Waals surface area (Å²) in [6.45, 7) is 2.64. The standard InChI is InChI=1S/C17H21N5O6/c1-9(16(26)27)22(8-7-18-10(2)23)15(25)12-6-5-11-13(19-12)20(3)17(28)21(4)14(11)24/h5-6,9H,7-8H2,1-4H3,(H,18,23)(H,26,27). The molecule has 0 fully saturated rings. The zero-order valence-electron chi connectivity index (χ0n) is 15.9. The minimum atomic E-state index is -1.22. The van der Waals surface area contributed by atoms with Crippen LogP contribution in [0.15, 0.2) is 21.7 Å². The molecule has 2 aromatic rings. The van der Waals surface area contributed by atoms with Crippen LogP contribution < -0.4 is 16.6 Å². The Morgan fingerprint density at radius 2 is 1.86 bits per heavy atom. The van der Waals surface area contributed by atoms with Gasteiger partial charge in [-0.3, -0.25) is 23.5 Å². The predicted octanol–water partition coefficient (Wildman–Crippen LogP) is -1.32. The molecule has 28 heavy (non-hydrogen) atoms. The Kier molecular flexibility index (Phi) is 5.96. The number of aryl methyl sites for hydroxylation is 1. The fourth-order valence-electron chi connectivity index (χ4n) is 2.68. The van der Waals surface area contributed by atoms with Crippen molar-refractivity contribution in [2.75, 3.05) is 13.1 Å². The highest BCUT2D eigenvalue weighted by Crippen LogP contribution is 2.11. The summed E-state index contributed by atoms with van der Waals surface area (Å²) in [5.41, 5.74) is -1.25. The molecule has 0 aliphatic carbocycles. The molecule has 0 spiro atoms. The van der Waals surface area contributed by atoms with Gasteiger partial charge in [0.1, 0.15) is 17.4 Å². The highest BCUT2D eigenvalue weighted by molar-refractivity contribution is 5.96. The van der Waals surface area contributed by atoms with Crippen molar-refractivity contribution in [3.05, 3.63) is 38.7 Å². The SMILES string of the molecule is CC(=O)NCCN(C(=O)c1ccc2c(=O)n(C)c(=O)n(C)c2n1)C(C)C(=O)O. The number of carboxylic acid groups (broad SMARTS) is 1. The molecule has 0 aliphatic heterocycles. The summed E-state index contributed by atoms with van der Waals surface area (Å²) < 4.78 is 2.06. The van der Waals surface area contributed by atoms with Gasteiger partial charge in [0.05, 0.1) is 5.39 Å². The number of carbonyl (C=O) groups is 3. The number of carboxylic acids is 1. The normalized spacial score (nSPS) is 11.9. The van der Waals surface area contributed by atoms with Crippen LogP contribution in [0.3, 0.4) is 0 Å². The summed E-state index contributed by atoms with van der Waals surface area (Å²) in [6.07, 6.45) is 0. The van der Waals surface area contributed by atoms with Crippen LogP contribution in [0, 0.1) is 0 Å². The van der Waals surface area contributed by atoms with E-state index in [4.69, 9.17) is 0 Å². The molecule has 0 aromatic carbocycles. The van der Waals surface area contributed by atoms with E-state index in [1.165, 1.54) is 40.1 Å². The van der Waals surface area contributed by atoms with Gasteiger partial charge in [0, 0.05) is 34.1 Å². The minimum Gasteiger partial charge on any atom is -0.480 e. The third kappa shape index (κ3) is 3.92. The maximum absolute atomic E-state index is 12.9. The molecule has 2 aromatic heterocycles. The van der Waals surface area contributed by atoms with Crippen molar-refractivity contribution in [3.63, 3.8) is 0 Å². The lowest BCUT2D eigenvalue weighted by Gasteiger charge is -2.26. The number of nitrogens with zero attached hydrogens (tertiary/aromatic N) is 4. The third-order valence-corrected chi connectivity index (χ3v) is 4.33. The van der Waals surface area contributed by atoms with Crippen molar-refractivity contribution in [2.24, 2.45) is 14.1 Å². The summed E-state index contributed by atoms with van der Waals surface area (Å²) in [4.78, 5) is 64.8. The van der Waals surface area contributed by atoms with Crippen molar-refractivity contribution in [2.45, 2.75) is 19.9 Å². The average molecular weight is 391 g/mol. The molecule has 2 amide bonds. The Labute approximate surface area is 159 Å². The predicted molar refractivity (Wildman–Crippen MR) is 99.0 cm³/mol. The molecule has 0 radical (unpaired) electrons. The van der Waals surface area contributed by atoms with Gasteiger partial charge in [-0.05, 0) is 19.1 Å². The van der Waals surface area contributed by atoms with E-state index in [9.17, 15) is 29.1 Å². The molecule has 0 aliphatic rings. The Hall–Kier alpha value is -3.50. The number of pyridine rings is 1. The fraction of sp³-hybridized carbons (Fsp3) is 0.412. The van der Waals surface area contributed by atoms with Gasteiger partial charge in [0.25, 0.3) is 11.5 Å². The smallest absolute Gasteiger partial charge is 0.332 e. The molecular weight excluding hydrogens is 370 g/mol. The molecule has 0 saturated heterocycles. The fourth-order valence-corrected chi connectivity index (χ4v) is 2.68. The summed E-state index contributed by atoms with van der Waals surface area (Å²) in [5, 5.41) is 11.9. The zero-order chi connectivity index (χ0) is 21.2. The number of nitrogens with one attached hydrogen (secondary N) is 1. The monoisotopic (exact) mass is 391 g/mol. The number of aliphatic carboxylic acids is 1. The van der Waals surface area contributed by atoms with Gasteiger partial charge >= 0.3 is 11.7 Å². The summed E-state index contributed by atoms with van der Waals surface area (Å²) >= 11 is 0. The summed E-state index contributed by atoms with van der Waals surface area (Å²) in [5.74, 6) is -2.24. The molecule has 11 nitrogen and oxygen atoms in total. The van der Waals surface area contributed by atoms with E-state index in [1.54, 1.807) is 0 Å². The van der Waals surface area contributed by atoms with Crippen LogP contribution in [0.25, 0.3) is 11.0 Å². The first-order valence-electron chi connectivity index (χ1n) is 8.41. The van der Waals surface area contributed by atoms with Crippen LogP contribution in [0.5, 0.6) is 0 Å². The van der Waals surface area contributed by atoms with Crippen molar-refractivity contribution in [3.8, 4) is 0 Å². The van der Waals surface area contributed by atoms with E-state index in [0.29, 0.717) is 0 Å². The Bertz CT molecular complexity index is 1070. The van der Waals surface area contributed by atoms with Crippen LogP contribution in [-0.4, -0.2) is 61.0 Å². The van der Waals surface area contributed by atoms with E-state index in [1.807, 2.05) is 0 Å². The molecule has 2 heterocycles. The molecule has 2 rings (SSSR count). The zero-order valence-corrected chi connectivity index (χ0v) is 15.9. The second kappa shape index (κ2) is 8.03. The van der Waals surface area contributed by atoms with E-state index in [2.05, 4.69) is 10.3 Å². The number of hydrogen-bond acceptors (Lipinski definition) is 6. The van der Waals surface area contributed by atoms with Crippen molar-refractivity contribution < 1.29 is 19.5 Å². The molecular formula is C17H21N5O6. The largest absolute Gasteiger partial charge is 0.480 e. The van der Waals surface area contributed by atoms with Gasteiger partial charge in [-0.25, -0.2) is 14.6 Å². The highest BCUT2D eigenvalue weighted by atomic mass is 16.4.